The second-order valence-electron chi connectivity index (χ2n) is 5.92. The van der Waals surface area contributed by atoms with E-state index in [1.165, 1.54) is 24.3 Å². The number of hydrogen-bond donors (Lipinski definition) is 1. The Bertz CT molecular complexity index is 943. The molecule has 2 aromatic carbocycles. The predicted molar refractivity (Wildman–Crippen MR) is 93.4 cm³/mol. The smallest absolute Gasteiger partial charge is 0.338 e. The number of esters is 1. The summed E-state index contributed by atoms with van der Waals surface area (Å²) in [6.45, 7) is -0.636. The standard InChI is InChI=1S/C19H14F2N2O5/c20-14-6-3-12(9-15(14)21)22-16(24)10-28-19(27)11-1-4-13(5-2-11)23-17(25)7-8-18(23)26/h1-6,9H,7-8,10H2,(H,22,24). The van der Waals surface area contributed by atoms with Crippen molar-refractivity contribution in [1.82, 2.24) is 0 Å². The molecule has 1 heterocycles. The van der Waals surface area contributed by atoms with Crippen LogP contribution < -0.4 is 10.2 Å². The molecule has 1 fully saturated rings. The highest BCUT2D eigenvalue weighted by Gasteiger charge is 2.30. The maximum Gasteiger partial charge on any atom is 0.338 e. The second-order valence-corrected chi connectivity index (χ2v) is 5.92. The largest absolute Gasteiger partial charge is 0.452 e. The average molecular weight is 388 g/mol. The number of benzene rings is 2. The number of rotatable bonds is 5. The molecular formula is C19H14F2N2O5. The number of hydrogen-bond acceptors (Lipinski definition) is 5. The van der Waals surface area contributed by atoms with Crippen molar-refractivity contribution in [3.05, 3.63) is 59.7 Å². The topological polar surface area (TPSA) is 92.8 Å². The molecule has 3 rings (SSSR count). The van der Waals surface area contributed by atoms with Gasteiger partial charge in [0.05, 0.1) is 11.3 Å². The number of anilines is 2. The van der Waals surface area contributed by atoms with Crippen LogP contribution in [0.3, 0.4) is 0 Å². The van der Waals surface area contributed by atoms with Crippen molar-refractivity contribution < 1.29 is 32.7 Å². The Morgan fingerprint density at radius 1 is 0.964 bits per heavy atom. The van der Waals surface area contributed by atoms with Crippen molar-refractivity contribution in [3.8, 4) is 0 Å². The Morgan fingerprint density at radius 2 is 1.61 bits per heavy atom. The van der Waals surface area contributed by atoms with Gasteiger partial charge in [-0.1, -0.05) is 0 Å². The van der Waals surface area contributed by atoms with Gasteiger partial charge in [0, 0.05) is 24.6 Å². The number of carbonyl (C=O) groups is 4. The molecule has 0 spiro atoms. The van der Waals surface area contributed by atoms with Crippen LogP contribution in [-0.4, -0.2) is 30.3 Å². The third-order valence-electron chi connectivity index (χ3n) is 3.95. The number of amides is 3. The van der Waals surface area contributed by atoms with Crippen molar-refractivity contribution in [2.75, 3.05) is 16.8 Å². The first-order valence-corrected chi connectivity index (χ1v) is 8.23. The highest BCUT2D eigenvalue weighted by atomic mass is 19.2. The molecular weight excluding hydrogens is 374 g/mol. The van der Waals surface area contributed by atoms with E-state index in [0.29, 0.717) is 5.69 Å². The summed E-state index contributed by atoms with van der Waals surface area (Å²) in [6, 6.07) is 8.41. The van der Waals surface area contributed by atoms with Gasteiger partial charge in [0.2, 0.25) is 11.8 Å². The summed E-state index contributed by atoms with van der Waals surface area (Å²) in [5, 5.41) is 2.27. The summed E-state index contributed by atoms with van der Waals surface area (Å²) in [5.74, 6) is -4.33. The quantitative estimate of drug-likeness (QED) is 0.627. The fourth-order valence-electron chi connectivity index (χ4n) is 2.60. The van der Waals surface area contributed by atoms with Crippen LogP contribution in [0.4, 0.5) is 20.2 Å². The van der Waals surface area contributed by atoms with Crippen molar-refractivity contribution in [2.45, 2.75) is 12.8 Å². The summed E-state index contributed by atoms with van der Waals surface area (Å²) in [7, 11) is 0. The summed E-state index contributed by atoms with van der Waals surface area (Å²) in [6.07, 6.45) is 0.297. The maximum atomic E-state index is 13.1. The van der Waals surface area contributed by atoms with E-state index in [0.717, 1.165) is 23.1 Å². The molecule has 0 bridgehead atoms. The lowest BCUT2D eigenvalue weighted by molar-refractivity contribution is -0.121. The summed E-state index contributed by atoms with van der Waals surface area (Å²) in [4.78, 5) is 48.2. The van der Waals surface area contributed by atoms with Crippen molar-refractivity contribution in [1.29, 1.82) is 0 Å². The summed E-state index contributed by atoms with van der Waals surface area (Å²) < 4.78 is 30.8. The van der Waals surface area contributed by atoms with Crippen molar-refractivity contribution >= 4 is 35.1 Å². The van der Waals surface area contributed by atoms with Gasteiger partial charge in [0.1, 0.15) is 0 Å². The van der Waals surface area contributed by atoms with Gasteiger partial charge in [0.25, 0.3) is 5.91 Å². The van der Waals surface area contributed by atoms with Crippen LogP contribution in [0.2, 0.25) is 0 Å². The molecule has 2 aromatic rings. The van der Waals surface area contributed by atoms with E-state index >= 15 is 0 Å². The van der Waals surface area contributed by atoms with Gasteiger partial charge in [0.15, 0.2) is 18.2 Å². The minimum Gasteiger partial charge on any atom is -0.452 e. The molecule has 1 N–H and O–H groups in total. The molecule has 1 aliphatic heterocycles. The zero-order chi connectivity index (χ0) is 20.3. The second kappa shape index (κ2) is 7.95. The molecule has 0 unspecified atom stereocenters. The molecule has 1 saturated heterocycles. The molecule has 28 heavy (non-hydrogen) atoms. The van der Waals surface area contributed by atoms with E-state index in [1.54, 1.807) is 0 Å². The van der Waals surface area contributed by atoms with E-state index in [1.807, 2.05) is 0 Å². The van der Waals surface area contributed by atoms with Crippen LogP contribution in [0.15, 0.2) is 42.5 Å². The molecule has 0 radical (unpaired) electrons. The normalized spacial score (nSPS) is 13.6. The molecule has 7 nitrogen and oxygen atoms in total. The number of halogens is 2. The zero-order valence-electron chi connectivity index (χ0n) is 14.4. The summed E-state index contributed by atoms with van der Waals surface area (Å²) >= 11 is 0. The first kappa shape index (κ1) is 19.2. The minimum absolute atomic E-state index is 0.0178. The molecule has 0 aromatic heterocycles. The molecule has 3 amide bonds. The van der Waals surface area contributed by atoms with Crippen molar-refractivity contribution in [2.24, 2.45) is 0 Å². The van der Waals surface area contributed by atoms with Gasteiger partial charge in [-0.2, -0.15) is 0 Å². The number of nitrogens with zero attached hydrogens (tertiary/aromatic N) is 1. The molecule has 1 aliphatic rings. The number of ether oxygens (including phenoxy) is 1. The maximum absolute atomic E-state index is 13.1. The highest BCUT2D eigenvalue weighted by molar-refractivity contribution is 6.19. The van der Waals surface area contributed by atoms with E-state index in [2.05, 4.69) is 5.32 Å². The molecule has 0 saturated carbocycles. The average Bonchev–Trinajstić information content (AvgIpc) is 3.01. The Morgan fingerprint density at radius 3 is 2.21 bits per heavy atom. The highest BCUT2D eigenvalue weighted by Crippen LogP contribution is 2.23. The summed E-state index contributed by atoms with van der Waals surface area (Å²) in [5.41, 5.74) is 0.479. The van der Waals surface area contributed by atoms with E-state index in [-0.39, 0.29) is 35.9 Å². The zero-order valence-corrected chi connectivity index (χ0v) is 14.4. The van der Waals surface area contributed by atoms with E-state index in [9.17, 15) is 28.0 Å². The minimum atomic E-state index is -1.12. The Balaban J connectivity index is 1.55. The first-order valence-electron chi connectivity index (χ1n) is 8.23. The Kier molecular flexibility index (Phi) is 5.44. The van der Waals surface area contributed by atoms with Gasteiger partial charge >= 0.3 is 5.97 Å². The third kappa shape index (κ3) is 4.20. The predicted octanol–water partition coefficient (Wildman–Crippen LogP) is 2.41. The van der Waals surface area contributed by atoms with Crippen LogP contribution in [0, 0.1) is 11.6 Å². The monoisotopic (exact) mass is 388 g/mol. The van der Waals surface area contributed by atoms with Crippen LogP contribution in [0.1, 0.15) is 23.2 Å². The van der Waals surface area contributed by atoms with Crippen LogP contribution >= 0.6 is 0 Å². The Hall–Kier alpha value is -3.62. The van der Waals surface area contributed by atoms with Crippen LogP contribution in [0.5, 0.6) is 0 Å². The number of carbonyl (C=O) groups excluding carboxylic acids is 4. The lowest BCUT2D eigenvalue weighted by Crippen LogP contribution is -2.28. The molecule has 144 valence electrons. The SMILES string of the molecule is O=C(COC(=O)c1ccc(N2C(=O)CCC2=O)cc1)Nc1ccc(F)c(F)c1. The molecule has 9 heteroatoms. The van der Waals surface area contributed by atoms with Gasteiger partial charge in [-0.25, -0.2) is 13.6 Å². The lowest BCUT2D eigenvalue weighted by atomic mass is 10.2. The molecule has 0 aliphatic carbocycles. The van der Waals surface area contributed by atoms with Gasteiger partial charge in [-0.15, -0.1) is 0 Å². The molecule has 0 atom stereocenters. The first-order chi connectivity index (χ1) is 13.3. The Labute approximate surface area is 157 Å². The van der Waals surface area contributed by atoms with Gasteiger partial charge < -0.3 is 10.1 Å². The van der Waals surface area contributed by atoms with Gasteiger partial charge in [-0.05, 0) is 36.4 Å². The lowest BCUT2D eigenvalue weighted by Gasteiger charge is -2.14. The van der Waals surface area contributed by atoms with E-state index in [4.69, 9.17) is 4.74 Å². The fourth-order valence-corrected chi connectivity index (χ4v) is 2.60. The third-order valence-corrected chi connectivity index (χ3v) is 3.95. The van der Waals surface area contributed by atoms with Crippen LogP contribution in [0.25, 0.3) is 0 Å². The van der Waals surface area contributed by atoms with Crippen molar-refractivity contribution in [3.63, 3.8) is 0 Å². The number of nitrogens with one attached hydrogen (secondary N) is 1. The fraction of sp³-hybridized carbons (Fsp3) is 0.158. The number of imide groups is 1. The van der Waals surface area contributed by atoms with Crippen LogP contribution in [-0.2, 0) is 19.1 Å². The van der Waals surface area contributed by atoms with Gasteiger partial charge in [-0.3, -0.25) is 19.3 Å². The van der Waals surface area contributed by atoms with E-state index < -0.39 is 30.1 Å².